The van der Waals surface area contributed by atoms with Gasteiger partial charge in [-0.3, -0.25) is 9.59 Å². The number of hydrogen-bond donors (Lipinski definition) is 0. The Morgan fingerprint density at radius 1 is 1.21 bits per heavy atom. The van der Waals surface area contributed by atoms with Crippen LogP contribution in [0.25, 0.3) is 22.0 Å². The van der Waals surface area contributed by atoms with Crippen molar-refractivity contribution in [3.8, 4) is 16.9 Å². The minimum atomic E-state index is -0.199. The Labute approximate surface area is 174 Å². The number of carbonyl (C=O) groups is 1. The lowest BCUT2D eigenvalue weighted by Crippen LogP contribution is -2.18. The SMILES string of the molecule is COc1c(-c2csc3c2C(C)CCC3)ccc2c(=O)c(C(C)=O)cn(C3CC3)c12. The first-order valence-corrected chi connectivity index (χ1v) is 11.3. The zero-order chi connectivity index (χ0) is 20.3. The molecular formula is C24H25NO3S. The van der Waals surface area contributed by atoms with Crippen LogP contribution in [-0.4, -0.2) is 17.5 Å². The number of nitrogens with zero attached hydrogens (tertiary/aromatic N) is 1. The average molecular weight is 408 g/mol. The quantitative estimate of drug-likeness (QED) is 0.520. The van der Waals surface area contributed by atoms with Crippen LogP contribution >= 0.6 is 11.3 Å². The monoisotopic (exact) mass is 407 g/mol. The highest BCUT2D eigenvalue weighted by molar-refractivity contribution is 7.10. The average Bonchev–Trinajstić information content (AvgIpc) is 3.46. The standard InChI is InChI=1S/C24H25NO3S/c1-13-5-4-6-20-21(13)19(12-29-20)16-9-10-17-22(24(16)28-3)25(15-7-8-15)11-18(14(2)26)23(17)27/h9-13,15H,4-8H2,1-3H3. The summed E-state index contributed by atoms with van der Waals surface area (Å²) in [5.74, 6) is 1.10. The van der Waals surface area contributed by atoms with Gasteiger partial charge in [-0.2, -0.15) is 0 Å². The molecule has 5 heteroatoms. The molecule has 29 heavy (non-hydrogen) atoms. The smallest absolute Gasteiger partial charge is 0.200 e. The van der Waals surface area contributed by atoms with E-state index in [1.54, 1.807) is 13.3 Å². The summed E-state index contributed by atoms with van der Waals surface area (Å²) in [4.78, 5) is 26.6. The minimum Gasteiger partial charge on any atom is -0.494 e. The lowest BCUT2D eigenvalue weighted by Gasteiger charge is -2.22. The normalized spacial score (nSPS) is 18.7. The number of Topliss-reactive ketones (excluding diaryl/α,β-unsaturated/α-hetero) is 1. The van der Waals surface area contributed by atoms with E-state index in [-0.39, 0.29) is 16.8 Å². The summed E-state index contributed by atoms with van der Waals surface area (Å²) in [5.41, 5.74) is 4.62. The van der Waals surface area contributed by atoms with Gasteiger partial charge >= 0.3 is 0 Å². The molecule has 2 aliphatic rings. The Kier molecular flexibility index (Phi) is 4.39. The maximum atomic E-state index is 13.0. The first-order valence-electron chi connectivity index (χ1n) is 10.4. The molecule has 2 aromatic heterocycles. The van der Waals surface area contributed by atoms with E-state index in [4.69, 9.17) is 4.74 Å². The Hall–Kier alpha value is -2.40. The topological polar surface area (TPSA) is 48.3 Å². The van der Waals surface area contributed by atoms with Crippen molar-refractivity contribution in [2.45, 2.75) is 57.9 Å². The van der Waals surface area contributed by atoms with Crippen LogP contribution in [0.15, 0.2) is 28.5 Å². The maximum absolute atomic E-state index is 13.0. The third kappa shape index (κ3) is 2.86. The second kappa shape index (κ2) is 6.84. The van der Waals surface area contributed by atoms with E-state index in [0.29, 0.717) is 17.3 Å². The lowest BCUT2D eigenvalue weighted by atomic mass is 9.84. The van der Waals surface area contributed by atoms with Gasteiger partial charge in [0.15, 0.2) is 17.0 Å². The molecule has 2 heterocycles. The van der Waals surface area contributed by atoms with Gasteiger partial charge in [0.1, 0.15) is 0 Å². The zero-order valence-corrected chi connectivity index (χ0v) is 17.9. The fourth-order valence-corrected chi connectivity index (χ4v) is 6.01. The van der Waals surface area contributed by atoms with E-state index in [1.165, 1.54) is 35.8 Å². The highest BCUT2D eigenvalue weighted by Crippen LogP contribution is 2.47. The molecule has 2 aliphatic carbocycles. The predicted octanol–water partition coefficient (Wildman–Crippen LogP) is 5.72. The lowest BCUT2D eigenvalue weighted by molar-refractivity contribution is 0.101. The van der Waals surface area contributed by atoms with Gasteiger partial charge in [-0.05, 0) is 73.6 Å². The number of aromatic nitrogens is 1. The van der Waals surface area contributed by atoms with Gasteiger partial charge in [0.2, 0.25) is 0 Å². The first kappa shape index (κ1) is 18.6. The molecule has 1 saturated carbocycles. The Morgan fingerprint density at radius 2 is 2.00 bits per heavy atom. The number of ether oxygens (including phenoxy) is 1. The van der Waals surface area contributed by atoms with Crippen LogP contribution in [0, 0.1) is 0 Å². The van der Waals surface area contributed by atoms with Crippen molar-refractivity contribution in [3.63, 3.8) is 0 Å². The molecule has 1 aromatic carbocycles. The van der Waals surface area contributed by atoms with Crippen molar-refractivity contribution < 1.29 is 9.53 Å². The number of hydrogen-bond acceptors (Lipinski definition) is 4. The summed E-state index contributed by atoms with van der Waals surface area (Å²) < 4.78 is 8.05. The Balaban J connectivity index is 1.83. The summed E-state index contributed by atoms with van der Waals surface area (Å²) in [6.07, 6.45) is 7.48. The summed E-state index contributed by atoms with van der Waals surface area (Å²) in [7, 11) is 1.68. The van der Waals surface area contributed by atoms with Gasteiger partial charge in [-0.1, -0.05) is 6.92 Å². The van der Waals surface area contributed by atoms with E-state index in [0.717, 1.165) is 36.1 Å². The van der Waals surface area contributed by atoms with Crippen LogP contribution in [0.4, 0.5) is 0 Å². The molecule has 1 fully saturated rings. The van der Waals surface area contributed by atoms with Crippen LogP contribution in [0.1, 0.15) is 72.3 Å². The van der Waals surface area contributed by atoms with E-state index in [2.05, 4.69) is 16.9 Å². The summed E-state index contributed by atoms with van der Waals surface area (Å²) in [5, 5.41) is 2.82. The molecule has 4 nitrogen and oxygen atoms in total. The van der Waals surface area contributed by atoms with Crippen molar-refractivity contribution in [2.75, 3.05) is 7.11 Å². The van der Waals surface area contributed by atoms with Crippen LogP contribution in [-0.2, 0) is 6.42 Å². The third-order valence-corrected chi connectivity index (χ3v) is 7.47. The number of methoxy groups -OCH3 is 1. The van der Waals surface area contributed by atoms with Gasteiger partial charge < -0.3 is 9.30 Å². The predicted molar refractivity (Wildman–Crippen MR) is 118 cm³/mol. The molecule has 0 amide bonds. The van der Waals surface area contributed by atoms with Gasteiger partial charge in [0, 0.05) is 22.7 Å². The van der Waals surface area contributed by atoms with E-state index in [1.807, 2.05) is 23.5 Å². The second-order valence-electron chi connectivity index (χ2n) is 8.39. The highest BCUT2D eigenvalue weighted by atomic mass is 32.1. The molecule has 5 rings (SSSR count). The fourth-order valence-electron chi connectivity index (χ4n) is 4.79. The number of ketones is 1. The molecule has 0 aliphatic heterocycles. The van der Waals surface area contributed by atoms with Gasteiger partial charge in [0.05, 0.1) is 23.6 Å². The van der Waals surface area contributed by atoms with Crippen molar-refractivity contribution >= 4 is 28.0 Å². The van der Waals surface area contributed by atoms with E-state index < -0.39 is 0 Å². The fraction of sp³-hybridized carbons (Fsp3) is 0.417. The first-order chi connectivity index (χ1) is 14.0. The molecule has 3 aromatic rings. The molecule has 0 bridgehead atoms. The van der Waals surface area contributed by atoms with Crippen LogP contribution in [0.3, 0.4) is 0 Å². The zero-order valence-electron chi connectivity index (χ0n) is 17.1. The van der Waals surface area contributed by atoms with Crippen LogP contribution in [0.5, 0.6) is 5.75 Å². The number of rotatable bonds is 4. The van der Waals surface area contributed by atoms with Gasteiger partial charge in [0.25, 0.3) is 0 Å². The minimum absolute atomic E-state index is 0.185. The van der Waals surface area contributed by atoms with Crippen LogP contribution in [0.2, 0.25) is 0 Å². The summed E-state index contributed by atoms with van der Waals surface area (Å²) in [6, 6.07) is 4.22. The van der Waals surface area contributed by atoms with E-state index in [9.17, 15) is 9.59 Å². The third-order valence-electron chi connectivity index (χ3n) is 6.40. The highest BCUT2D eigenvalue weighted by Gasteiger charge is 2.30. The molecule has 0 N–H and O–H groups in total. The molecule has 1 unspecified atom stereocenters. The van der Waals surface area contributed by atoms with Gasteiger partial charge in [-0.15, -0.1) is 11.3 Å². The summed E-state index contributed by atoms with van der Waals surface area (Å²) in [6.45, 7) is 3.77. The molecule has 0 radical (unpaired) electrons. The number of benzene rings is 1. The van der Waals surface area contributed by atoms with Crippen molar-refractivity contribution in [3.05, 3.63) is 49.9 Å². The van der Waals surface area contributed by atoms with Gasteiger partial charge in [-0.25, -0.2) is 0 Å². The molecular weight excluding hydrogens is 382 g/mol. The maximum Gasteiger partial charge on any atom is 0.200 e. The largest absolute Gasteiger partial charge is 0.494 e. The number of thiophene rings is 1. The second-order valence-corrected chi connectivity index (χ2v) is 9.35. The van der Waals surface area contributed by atoms with Crippen molar-refractivity contribution in [1.29, 1.82) is 0 Å². The van der Waals surface area contributed by atoms with Crippen molar-refractivity contribution in [1.82, 2.24) is 4.57 Å². The molecule has 0 spiro atoms. The molecule has 0 saturated heterocycles. The number of pyridine rings is 1. The Bertz CT molecular complexity index is 1200. The Morgan fingerprint density at radius 3 is 2.69 bits per heavy atom. The van der Waals surface area contributed by atoms with Crippen LogP contribution < -0.4 is 10.2 Å². The summed E-state index contributed by atoms with van der Waals surface area (Å²) >= 11 is 1.84. The molecule has 150 valence electrons. The number of fused-ring (bicyclic) bond motifs is 2. The number of carbonyl (C=O) groups excluding carboxylic acids is 1. The molecule has 1 atom stereocenters. The van der Waals surface area contributed by atoms with Crippen molar-refractivity contribution in [2.24, 2.45) is 0 Å². The van der Waals surface area contributed by atoms with E-state index >= 15 is 0 Å². The number of aryl methyl sites for hydroxylation is 1.